The van der Waals surface area contributed by atoms with Gasteiger partial charge in [0.05, 0.1) is 24.6 Å². The molecule has 2 N–H and O–H groups in total. The van der Waals surface area contributed by atoms with Crippen LogP contribution in [-0.4, -0.2) is 21.7 Å². The molecule has 0 fully saturated rings. The lowest BCUT2D eigenvalue weighted by molar-refractivity contribution is 0.415. The summed E-state index contributed by atoms with van der Waals surface area (Å²) in [6.07, 6.45) is 1.49. The second-order valence-electron chi connectivity index (χ2n) is 5.55. The van der Waals surface area contributed by atoms with E-state index in [1.54, 1.807) is 11.6 Å². The van der Waals surface area contributed by atoms with Gasteiger partial charge in [-0.1, -0.05) is 26.0 Å². The zero-order valence-corrected chi connectivity index (χ0v) is 13.2. The molecule has 0 radical (unpaired) electrons. The molecule has 0 saturated heterocycles. The summed E-state index contributed by atoms with van der Waals surface area (Å²) in [6.45, 7) is 4.13. The first kappa shape index (κ1) is 14.9. The number of nitrogen functional groups attached to an aromatic ring is 1. The van der Waals surface area contributed by atoms with Crippen molar-refractivity contribution in [1.29, 1.82) is 5.26 Å². The van der Waals surface area contributed by atoms with Gasteiger partial charge in [-0.05, 0) is 23.6 Å². The van der Waals surface area contributed by atoms with Crippen LogP contribution in [0.5, 0.6) is 5.75 Å². The lowest BCUT2D eigenvalue weighted by Crippen LogP contribution is -2.03. The number of aromatic nitrogens is 3. The number of rotatable bonds is 3. The predicted octanol–water partition coefficient (Wildman–Crippen LogP) is 2.98. The summed E-state index contributed by atoms with van der Waals surface area (Å²) in [5.74, 6) is 1.29. The highest BCUT2D eigenvalue weighted by Gasteiger charge is 2.20. The highest BCUT2D eigenvalue weighted by molar-refractivity contribution is 5.82. The zero-order chi connectivity index (χ0) is 16.6. The van der Waals surface area contributed by atoms with Crippen molar-refractivity contribution in [1.82, 2.24) is 14.6 Å². The summed E-state index contributed by atoms with van der Waals surface area (Å²) in [5.41, 5.74) is 9.83. The van der Waals surface area contributed by atoms with Gasteiger partial charge >= 0.3 is 0 Å². The van der Waals surface area contributed by atoms with Gasteiger partial charge in [-0.3, -0.25) is 0 Å². The number of hydrogen-bond donors (Lipinski definition) is 1. The number of nitrogens with two attached hydrogens (primary N) is 1. The minimum Gasteiger partial charge on any atom is -0.497 e. The van der Waals surface area contributed by atoms with Crippen molar-refractivity contribution >= 4 is 11.5 Å². The number of nitrogens with zero attached hydrogens (tertiary/aromatic N) is 4. The lowest BCUT2D eigenvalue weighted by atomic mass is 9.99. The van der Waals surface area contributed by atoms with Crippen LogP contribution in [0.2, 0.25) is 0 Å². The standard InChI is InChI=1S/C17H17N5O/c1-10(2)15-14(11-4-6-13(23-3)7-5-11)17-20-9-12(8-18)16(19)22(17)21-15/h4-7,9-10H,19H2,1-3H3. The Morgan fingerprint density at radius 3 is 2.52 bits per heavy atom. The number of nitriles is 1. The van der Waals surface area contributed by atoms with E-state index < -0.39 is 0 Å². The van der Waals surface area contributed by atoms with E-state index in [9.17, 15) is 0 Å². The second-order valence-corrected chi connectivity index (χ2v) is 5.55. The fourth-order valence-electron chi connectivity index (χ4n) is 2.54. The molecular formula is C17H17N5O. The zero-order valence-electron chi connectivity index (χ0n) is 13.2. The molecule has 6 nitrogen and oxygen atoms in total. The molecule has 0 atom stereocenters. The summed E-state index contributed by atoms with van der Waals surface area (Å²) in [4.78, 5) is 4.40. The molecular weight excluding hydrogens is 290 g/mol. The van der Waals surface area contributed by atoms with Gasteiger partial charge in [0.15, 0.2) is 5.65 Å². The van der Waals surface area contributed by atoms with E-state index in [4.69, 9.17) is 15.7 Å². The van der Waals surface area contributed by atoms with Gasteiger partial charge in [0.25, 0.3) is 0 Å². The Bertz CT molecular complexity index is 903. The van der Waals surface area contributed by atoms with Gasteiger partial charge in [0.2, 0.25) is 0 Å². The van der Waals surface area contributed by atoms with Crippen molar-refractivity contribution in [2.45, 2.75) is 19.8 Å². The predicted molar refractivity (Wildman–Crippen MR) is 88.2 cm³/mol. The van der Waals surface area contributed by atoms with Gasteiger partial charge < -0.3 is 10.5 Å². The summed E-state index contributed by atoms with van der Waals surface area (Å²) >= 11 is 0. The minimum absolute atomic E-state index is 0.193. The maximum atomic E-state index is 9.11. The summed E-state index contributed by atoms with van der Waals surface area (Å²) in [7, 11) is 1.63. The maximum Gasteiger partial charge on any atom is 0.165 e. The Hall–Kier alpha value is -3.07. The van der Waals surface area contributed by atoms with Crippen LogP contribution in [0.25, 0.3) is 16.8 Å². The van der Waals surface area contributed by atoms with E-state index >= 15 is 0 Å². The SMILES string of the molecule is COc1ccc(-c2c(C(C)C)nn3c(N)c(C#N)cnc23)cc1. The minimum atomic E-state index is 0.193. The molecule has 23 heavy (non-hydrogen) atoms. The van der Waals surface area contributed by atoms with Crippen LogP contribution in [0.1, 0.15) is 31.0 Å². The average molecular weight is 307 g/mol. The highest BCUT2D eigenvalue weighted by atomic mass is 16.5. The Balaban J connectivity index is 2.31. The van der Waals surface area contributed by atoms with E-state index in [1.807, 2.05) is 30.3 Å². The van der Waals surface area contributed by atoms with Crippen LogP contribution in [-0.2, 0) is 0 Å². The van der Waals surface area contributed by atoms with Crippen molar-refractivity contribution in [2.75, 3.05) is 12.8 Å². The smallest absolute Gasteiger partial charge is 0.165 e. The van der Waals surface area contributed by atoms with Crippen molar-refractivity contribution in [3.8, 4) is 22.9 Å². The molecule has 6 heteroatoms. The first-order valence-electron chi connectivity index (χ1n) is 7.28. The Morgan fingerprint density at radius 2 is 1.96 bits per heavy atom. The Morgan fingerprint density at radius 1 is 1.26 bits per heavy atom. The van der Waals surface area contributed by atoms with E-state index in [1.165, 1.54) is 6.20 Å². The average Bonchev–Trinajstić information content (AvgIpc) is 2.96. The quantitative estimate of drug-likeness (QED) is 0.803. The third-order valence-electron chi connectivity index (χ3n) is 3.75. The van der Waals surface area contributed by atoms with Gasteiger partial charge in [-0.15, -0.1) is 0 Å². The second kappa shape index (κ2) is 5.61. The first-order valence-corrected chi connectivity index (χ1v) is 7.28. The molecule has 3 aromatic rings. The Labute approximate surface area is 134 Å². The number of methoxy groups -OCH3 is 1. The van der Waals surface area contributed by atoms with Crippen LogP contribution >= 0.6 is 0 Å². The van der Waals surface area contributed by atoms with E-state index in [0.29, 0.717) is 17.0 Å². The molecule has 0 unspecified atom stereocenters. The van der Waals surface area contributed by atoms with Gasteiger partial charge in [0.1, 0.15) is 23.2 Å². The molecule has 2 aromatic heterocycles. The largest absolute Gasteiger partial charge is 0.497 e. The summed E-state index contributed by atoms with van der Waals surface area (Å²) < 4.78 is 6.76. The van der Waals surface area contributed by atoms with E-state index in [2.05, 4.69) is 23.9 Å². The molecule has 2 heterocycles. The third-order valence-corrected chi connectivity index (χ3v) is 3.75. The molecule has 0 bridgehead atoms. The molecule has 3 rings (SSSR count). The van der Waals surface area contributed by atoms with Gasteiger partial charge in [-0.2, -0.15) is 14.9 Å². The van der Waals surface area contributed by atoms with Crippen LogP contribution in [0.15, 0.2) is 30.5 Å². The molecule has 0 spiro atoms. The molecule has 1 aromatic carbocycles. The lowest BCUT2D eigenvalue weighted by Gasteiger charge is -2.06. The van der Waals surface area contributed by atoms with E-state index in [0.717, 1.165) is 22.6 Å². The number of ether oxygens (including phenoxy) is 1. The van der Waals surface area contributed by atoms with Crippen molar-refractivity contribution < 1.29 is 4.74 Å². The van der Waals surface area contributed by atoms with Crippen LogP contribution in [0.3, 0.4) is 0 Å². The number of benzene rings is 1. The molecule has 0 saturated carbocycles. The van der Waals surface area contributed by atoms with E-state index in [-0.39, 0.29) is 5.92 Å². The maximum absolute atomic E-state index is 9.11. The van der Waals surface area contributed by atoms with Crippen molar-refractivity contribution in [3.05, 3.63) is 41.7 Å². The third kappa shape index (κ3) is 2.36. The molecule has 0 aliphatic rings. The summed E-state index contributed by atoms with van der Waals surface area (Å²) in [5, 5.41) is 13.7. The van der Waals surface area contributed by atoms with Crippen LogP contribution in [0.4, 0.5) is 5.82 Å². The number of hydrogen-bond acceptors (Lipinski definition) is 5. The monoisotopic (exact) mass is 307 g/mol. The fourth-order valence-corrected chi connectivity index (χ4v) is 2.54. The molecule has 116 valence electrons. The fraction of sp³-hybridized carbons (Fsp3) is 0.235. The van der Waals surface area contributed by atoms with Crippen LogP contribution in [0, 0.1) is 11.3 Å². The highest BCUT2D eigenvalue weighted by Crippen LogP contribution is 2.34. The van der Waals surface area contributed by atoms with Crippen LogP contribution < -0.4 is 10.5 Å². The first-order chi connectivity index (χ1) is 11.1. The summed E-state index contributed by atoms with van der Waals surface area (Å²) in [6, 6.07) is 9.77. The van der Waals surface area contributed by atoms with Crippen molar-refractivity contribution in [2.24, 2.45) is 0 Å². The number of fused-ring (bicyclic) bond motifs is 1. The topological polar surface area (TPSA) is 89.2 Å². The molecule has 0 amide bonds. The molecule has 0 aliphatic carbocycles. The van der Waals surface area contributed by atoms with Gasteiger partial charge in [0, 0.05) is 0 Å². The van der Waals surface area contributed by atoms with Gasteiger partial charge in [-0.25, -0.2) is 4.98 Å². The number of anilines is 1. The Kier molecular flexibility index (Phi) is 3.62. The van der Waals surface area contributed by atoms with Crippen molar-refractivity contribution in [3.63, 3.8) is 0 Å². The molecule has 0 aliphatic heterocycles. The normalized spacial score (nSPS) is 10.9.